The van der Waals surface area contributed by atoms with Crippen molar-refractivity contribution in [3.05, 3.63) is 115 Å². The van der Waals surface area contributed by atoms with Crippen LogP contribution in [-0.4, -0.2) is 26.3 Å². The van der Waals surface area contributed by atoms with Gasteiger partial charge in [-0.1, -0.05) is 66.7 Å². The molecule has 0 aliphatic heterocycles. The topological polar surface area (TPSA) is 50.3 Å². The first-order valence-electron chi connectivity index (χ1n) is 11.7. The fourth-order valence-corrected chi connectivity index (χ4v) is 5.38. The van der Waals surface area contributed by atoms with Gasteiger partial charge in [-0.15, -0.1) is 0 Å². The molecular formula is C30H21BN2O2. The maximum absolute atomic E-state index is 9.87. The summed E-state index contributed by atoms with van der Waals surface area (Å²) < 4.78 is 4.54. The van der Waals surface area contributed by atoms with E-state index in [1.54, 1.807) is 6.07 Å². The SMILES string of the molecule is OB(O)c1ccc2c(c1)c1cc(-n3c4ccccc4c4ccccc43)ccc1n2-c1ccccc1. The van der Waals surface area contributed by atoms with Crippen molar-refractivity contribution in [3.8, 4) is 11.4 Å². The van der Waals surface area contributed by atoms with Crippen molar-refractivity contribution < 1.29 is 10.0 Å². The minimum atomic E-state index is -1.52. The minimum Gasteiger partial charge on any atom is -0.423 e. The van der Waals surface area contributed by atoms with Crippen molar-refractivity contribution in [2.45, 2.75) is 0 Å². The number of hydrogen-bond donors (Lipinski definition) is 2. The van der Waals surface area contributed by atoms with Gasteiger partial charge in [0.05, 0.1) is 22.1 Å². The molecule has 0 radical (unpaired) electrons. The number of rotatable bonds is 3. The van der Waals surface area contributed by atoms with Gasteiger partial charge in [0.2, 0.25) is 0 Å². The molecule has 35 heavy (non-hydrogen) atoms. The Morgan fingerprint density at radius 1 is 0.429 bits per heavy atom. The molecule has 0 amide bonds. The van der Waals surface area contributed by atoms with Gasteiger partial charge < -0.3 is 19.2 Å². The van der Waals surface area contributed by atoms with Gasteiger partial charge in [-0.25, -0.2) is 0 Å². The molecule has 0 unspecified atom stereocenters. The molecule has 0 spiro atoms. The summed E-state index contributed by atoms with van der Waals surface area (Å²) in [4.78, 5) is 0. The maximum Gasteiger partial charge on any atom is 0.488 e. The van der Waals surface area contributed by atoms with Crippen LogP contribution in [0.25, 0.3) is 55.0 Å². The Hall–Kier alpha value is -4.32. The third-order valence-electron chi connectivity index (χ3n) is 6.92. The summed E-state index contributed by atoms with van der Waals surface area (Å²) in [5, 5.41) is 24.2. The minimum absolute atomic E-state index is 0.479. The van der Waals surface area contributed by atoms with Crippen LogP contribution in [0.2, 0.25) is 0 Å². The standard InChI is InChI=1S/C30H21BN2O2/c34-31(35)20-14-16-29-25(18-20)26-19-22(15-17-30(26)32(29)21-8-2-1-3-9-21)33-27-12-6-4-10-23(27)24-11-5-7-13-28(24)33/h1-19,34-35H. The summed E-state index contributed by atoms with van der Waals surface area (Å²) >= 11 is 0. The van der Waals surface area contributed by atoms with Crippen molar-refractivity contribution in [2.75, 3.05) is 0 Å². The molecule has 0 aliphatic rings. The van der Waals surface area contributed by atoms with E-state index in [4.69, 9.17) is 0 Å². The van der Waals surface area contributed by atoms with E-state index in [0.29, 0.717) is 5.46 Å². The van der Waals surface area contributed by atoms with Gasteiger partial charge in [0, 0.05) is 32.9 Å². The normalized spacial score (nSPS) is 11.7. The first kappa shape index (κ1) is 20.1. The molecule has 0 saturated carbocycles. The van der Waals surface area contributed by atoms with Crippen molar-refractivity contribution in [1.82, 2.24) is 9.13 Å². The van der Waals surface area contributed by atoms with E-state index in [2.05, 4.69) is 88.0 Å². The highest BCUT2D eigenvalue weighted by Gasteiger charge is 2.18. The number of aromatic nitrogens is 2. The molecule has 0 saturated heterocycles. The van der Waals surface area contributed by atoms with Crippen LogP contribution in [0.4, 0.5) is 0 Å². The van der Waals surface area contributed by atoms with Gasteiger partial charge in [-0.05, 0) is 54.0 Å². The maximum atomic E-state index is 9.87. The lowest BCUT2D eigenvalue weighted by atomic mass is 9.80. The van der Waals surface area contributed by atoms with Gasteiger partial charge in [-0.3, -0.25) is 0 Å². The van der Waals surface area contributed by atoms with E-state index >= 15 is 0 Å². The number of nitrogens with zero attached hydrogens (tertiary/aromatic N) is 2. The summed E-state index contributed by atoms with van der Waals surface area (Å²) in [7, 11) is -1.52. The highest BCUT2D eigenvalue weighted by Crippen LogP contribution is 2.36. The molecule has 5 heteroatoms. The number of fused-ring (bicyclic) bond motifs is 6. The predicted octanol–water partition coefficient (Wildman–Crippen LogP) is 5.56. The van der Waals surface area contributed by atoms with Gasteiger partial charge in [0.15, 0.2) is 0 Å². The highest BCUT2D eigenvalue weighted by atomic mass is 16.4. The van der Waals surface area contributed by atoms with E-state index in [1.807, 2.05) is 30.3 Å². The van der Waals surface area contributed by atoms with Crippen LogP contribution in [0, 0.1) is 0 Å². The van der Waals surface area contributed by atoms with Crippen molar-refractivity contribution in [3.63, 3.8) is 0 Å². The molecule has 0 atom stereocenters. The van der Waals surface area contributed by atoms with E-state index in [0.717, 1.165) is 44.2 Å². The fourth-order valence-electron chi connectivity index (χ4n) is 5.38. The second-order valence-corrected chi connectivity index (χ2v) is 8.89. The van der Waals surface area contributed by atoms with Gasteiger partial charge >= 0.3 is 7.12 Å². The van der Waals surface area contributed by atoms with Crippen molar-refractivity contribution in [2.24, 2.45) is 0 Å². The summed E-state index contributed by atoms with van der Waals surface area (Å²) in [5.41, 5.74) is 7.02. The Kier molecular flexibility index (Phi) is 4.36. The third kappa shape index (κ3) is 2.96. The van der Waals surface area contributed by atoms with Crippen molar-refractivity contribution >= 4 is 56.2 Å². The number of hydrogen-bond acceptors (Lipinski definition) is 2. The molecular weight excluding hydrogens is 431 g/mol. The molecule has 166 valence electrons. The molecule has 2 N–H and O–H groups in total. The zero-order valence-corrected chi connectivity index (χ0v) is 18.8. The molecule has 0 aliphatic carbocycles. The first-order valence-corrected chi connectivity index (χ1v) is 11.7. The van der Waals surface area contributed by atoms with E-state index in [9.17, 15) is 10.0 Å². The molecule has 5 aromatic carbocycles. The quantitative estimate of drug-likeness (QED) is 0.345. The first-order chi connectivity index (χ1) is 17.2. The Labute approximate surface area is 202 Å². The molecule has 2 heterocycles. The molecule has 0 bridgehead atoms. The van der Waals surface area contributed by atoms with E-state index in [1.165, 1.54) is 10.8 Å². The van der Waals surface area contributed by atoms with Gasteiger partial charge in [0.1, 0.15) is 0 Å². The molecule has 4 nitrogen and oxygen atoms in total. The summed E-state index contributed by atoms with van der Waals surface area (Å²) in [5.74, 6) is 0. The number of benzene rings is 5. The lowest BCUT2D eigenvalue weighted by Gasteiger charge is -2.10. The summed E-state index contributed by atoms with van der Waals surface area (Å²) in [6.45, 7) is 0. The van der Waals surface area contributed by atoms with Crippen LogP contribution in [0.3, 0.4) is 0 Å². The van der Waals surface area contributed by atoms with E-state index in [-0.39, 0.29) is 0 Å². The van der Waals surface area contributed by atoms with Gasteiger partial charge in [-0.2, -0.15) is 0 Å². The molecule has 7 rings (SSSR count). The molecule has 2 aromatic heterocycles. The number of para-hydroxylation sites is 3. The summed E-state index contributed by atoms with van der Waals surface area (Å²) in [6.07, 6.45) is 0. The third-order valence-corrected chi connectivity index (χ3v) is 6.92. The summed E-state index contributed by atoms with van der Waals surface area (Å²) in [6, 6.07) is 39.4. The van der Waals surface area contributed by atoms with Crippen LogP contribution in [-0.2, 0) is 0 Å². The second kappa shape index (κ2) is 7.60. The largest absolute Gasteiger partial charge is 0.488 e. The predicted molar refractivity (Wildman–Crippen MR) is 145 cm³/mol. The highest BCUT2D eigenvalue weighted by molar-refractivity contribution is 6.59. The molecule has 7 aromatic rings. The van der Waals surface area contributed by atoms with Crippen LogP contribution < -0.4 is 5.46 Å². The van der Waals surface area contributed by atoms with Gasteiger partial charge in [0.25, 0.3) is 0 Å². The van der Waals surface area contributed by atoms with Crippen molar-refractivity contribution in [1.29, 1.82) is 0 Å². The Balaban J connectivity index is 1.59. The Morgan fingerprint density at radius 2 is 0.943 bits per heavy atom. The van der Waals surface area contributed by atoms with E-state index < -0.39 is 7.12 Å². The smallest absolute Gasteiger partial charge is 0.423 e. The van der Waals surface area contributed by atoms with Crippen LogP contribution in [0.1, 0.15) is 0 Å². The second-order valence-electron chi connectivity index (χ2n) is 8.89. The van der Waals surface area contributed by atoms with Crippen LogP contribution in [0.5, 0.6) is 0 Å². The average molecular weight is 452 g/mol. The zero-order chi connectivity index (χ0) is 23.5. The molecule has 0 fully saturated rings. The average Bonchev–Trinajstić information content (AvgIpc) is 3.41. The lowest BCUT2D eigenvalue weighted by Crippen LogP contribution is -2.29. The zero-order valence-electron chi connectivity index (χ0n) is 18.8. The lowest BCUT2D eigenvalue weighted by molar-refractivity contribution is 0.426. The fraction of sp³-hybridized carbons (Fsp3) is 0. The Morgan fingerprint density at radius 3 is 1.60 bits per heavy atom. The van der Waals surface area contributed by atoms with Crippen LogP contribution >= 0.6 is 0 Å². The Bertz CT molecular complexity index is 1830. The van der Waals surface area contributed by atoms with Crippen LogP contribution in [0.15, 0.2) is 115 Å². The monoisotopic (exact) mass is 452 g/mol.